The largest absolute Gasteiger partial charge is 0.487 e. The van der Waals surface area contributed by atoms with E-state index >= 15 is 0 Å². The van der Waals surface area contributed by atoms with Crippen LogP contribution in [0.5, 0.6) is 5.75 Å². The molecule has 0 bridgehead atoms. The fourth-order valence-electron chi connectivity index (χ4n) is 2.98. The quantitative estimate of drug-likeness (QED) is 0.875. The molecule has 2 aromatic rings. The fraction of sp³-hybridized carbons (Fsp3) is 0.222. The molecule has 1 amide bonds. The van der Waals surface area contributed by atoms with Crippen LogP contribution in [-0.4, -0.2) is 17.7 Å². The Balaban J connectivity index is 1.79. The van der Waals surface area contributed by atoms with Crippen LogP contribution in [0.4, 0.5) is 11.4 Å². The van der Waals surface area contributed by atoms with Gasteiger partial charge in [-0.3, -0.25) is 9.79 Å². The van der Waals surface area contributed by atoms with Gasteiger partial charge in [-0.15, -0.1) is 0 Å². The first-order chi connectivity index (χ1) is 10.7. The number of fused-ring (bicyclic) bond motifs is 2. The lowest BCUT2D eigenvalue weighted by molar-refractivity contribution is -0.117. The van der Waals surface area contributed by atoms with Crippen LogP contribution in [0.15, 0.2) is 47.5 Å². The predicted molar refractivity (Wildman–Crippen MR) is 86.1 cm³/mol. The van der Waals surface area contributed by atoms with E-state index < -0.39 is 0 Å². The van der Waals surface area contributed by atoms with Crippen molar-refractivity contribution in [1.82, 2.24) is 0 Å². The second kappa shape index (κ2) is 4.98. The number of hydrogen-bond acceptors (Lipinski definition) is 3. The third-order valence-electron chi connectivity index (χ3n) is 4.00. The summed E-state index contributed by atoms with van der Waals surface area (Å²) in [6, 6.07) is 14.0. The molecule has 4 heteroatoms. The third kappa shape index (κ3) is 2.17. The van der Waals surface area contributed by atoms with Crippen molar-refractivity contribution in [3.05, 3.63) is 53.6 Å². The second-order valence-corrected chi connectivity index (χ2v) is 5.73. The van der Waals surface area contributed by atoms with Gasteiger partial charge in [-0.25, -0.2) is 0 Å². The van der Waals surface area contributed by atoms with E-state index in [0.717, 1.165) is 34.8 Å². The van der Waals surface area contributed by atoms with Crippen LogP contribution in [0.25, 0.3) is 0 Å². The van der Waals surface area contributed by atoms with Gasteiger partial charge in [-0.2, -0.15) is 0 Å². The summed E-state index contributed by atoms with van der Waals surface area (Å²) in [6.07, 6.45) is 1.01. The van der Waals surface area contributed by atoms with Gasteiger partial charge in [0, 0.05) is 12.0 Å². The van der Waals surface area contributed by atoms with Crippen LogP contribution in [0.3, 0.4) is 0 Å². The fourth-order valence-corrected chi connectivity index (χ4v) is 2.98. The van der Waals surface area contributed by atoms with E-state index in [0.29, 0.717) is 6.42 Å². The molecule has 0 aromatic heterocycles. The maximum absolute atomic E-state index is 11.8. The molecule has 2 aliphatic heterocycles. The number of amides is 1. The summed E-state index contributed by atoms with van der Waals surface area (Å²) < 4.78 is 6.01. The topological polar surface area (TPSA) is 50.7 Å². The smallest absolute Gasteiger partial charge is 0.228 e. The zero-order valence-electron chi connectivity index (χ0n) is 12.3. The molecular formula is C18H16N2O2. The number of anilines is 1. The van der Waals surface area contributed by atoms with Gasteiger partial charge in [0.2, 0.25) is 5.91 Å². The molecule has 0 saturated carbocycles. The molecule has 1 N–H and O–H groups in total. The summed E-state index contributed by atoms with van der Waals surface area (Å²) >= 11 is 0. The van der Waals surface area contributed by atoms with Gasteiger partial charge in [0.15, 0.2) is 5.75 Å². The van der Waals surface area contributed by atoms with Crippen molar-refractivity contribution in [3.8, 4) is 5.75 Å². The highest BCUT2D eigenvalue weighted by Gasteiger charge is 2.25. The van der Waals surface area contributed by atoms with Crippen molar-refractivity contribution in [2.45, 2.75) is 25.9 Å². The lowest BCUT2D eigenvalue weighted by atomic mass is 10.0. The van der Waals surface area contributed by atoms with Gasteiger partial charge >= 0.3 is 0 Å². The lowest BCUT2D eigenvalue weighted by Crippen LogP contribution is -2.17. The Morgan fingerprint density at radius 2 is 2.05 bits per heavy atom. The predicted octanol–water partition coefficient (Wildman–Crippen LogP) is 3.47. The number of ether oxygens (including phenoxy) is 1. The number of carbonyl (C=O) groups excluding carboxylic acids is 1. The standard InChI is InChI=1S/C18H16N2O2/c1-11-9-17(21)20-15-8-4-6-13(18(15)22-11)16-10-12-5-2-3-7-14(12)19-16/h2-8,11H,9-10H2,1H3,(H,20,21)/t11-/m1/s1. The highest BCUT2D eigenvalue weighted by atomic mass is 16.5. The van der Waals surface area contributed by atoms with Crippen molar-refractivity contribution in [2.24, 2.45) is 4.99 Å². The van der Waals surface area contributed by atoms with Crippen LogP contribution in [0.1, 0.15) is 24.5 Å². The third-order valence-corrected chi connectivity index (χ3v) is 4.00. The van der Waals surface area contributed by atoms with E-state index in [2.05, 4.69) is 11.4 Å². The normalized spacial score (nSPS) is 19.4. The SMILES string of the molecule is C[C@@H]1CC(=O)Nc2cccc(C3=Nc4ccccc4C3)c2O1. The van der Waals surface area contributed by atoms with E-state index in [4.69, 9.17) is 9.73 Å². The summed E-state index contributed by atoms with van der Waals surface area (Å²) in [6.45, 7) is 1.91. The number of nitrogens with zero attached hydrogens (tertiary/aromatic N) is 1. The summed E-state index contributed by atoms with van der Waals surface area (Å²) in [5.41, 5.74) is 4.91. The second-order valence-electron chi connectivity index (χ2n) is 5.73. The molecule has 0 fully saturated rings. The Morgan fingerprint density at radius 1 is 1.18 bits per heavy atom. The molecule has 110 valence electrons. The summed E-state index contributed by atoms with van der Waals surface area (Å²) in [7, 11) is 0. The van der Waals surface area contributed by atoms with E-state index in [9.17, 15) is 4.79 Å². The number of para-hydroxylation sites is 2. The van der Waals surface area contributed by atoms with Crippen LogP contribution in [0.2, 0.25) is 0 Å². The van der Waals surface area contributed by atoms with Gasteiger partial charge in [-0.1, -0.05) is 24.3 Å². The molecule has 0 radical (unpaired) electrons. The molecule has 0 spiro atoms. The van der Waals surface area contributed by atoms with E-state index in [-0.39, 0.29) is 12.0 Å². The first-order valence-electron chi connectivity index (χ1n) is 7.46. The lowest BCUT2D eigenvalue weighted by Gasteiger charge is -2.15. The number of nitrogens with one attached hydrogen (secondary N) is 1. The van der Waals surface area contributed by atoms with Gasteiger partial charge in [0.25, 0.3) is 0 Å². The maximum Gasteiger partial charge on any atom is 0.228 e. The molecule has 0 saturated heterocycles. The molecule has 2 aromatic carbocycles. The average Bonchev–Trinajstić information content (AvgIpc) is 2.85. The molecular weight excluding hydrogens is 276 g/mol. The highest BCUT2D eigenvalue weighted by Crippen LogP contribution is 2.37. The van der Waals surface area contributed by atoms with E-state index in [1.807, 2.05) is 43.3 Å². The zero-order chi connectivity index (χ0) is 15.1. The van der Waals surface area contributed by atoms with Gasteiger partial charge < -0.3 is 10.1 Å². The van der Waals surface area contributed by atoms with Crippen LogP contribution >= 0.6 is 0 Å². The van der Waals surface area contributed by atoms with Crippen molar-refractivity contribution in [2.75, 3.05) is 5.32 Å². The van der Waals surface area contributed by atoms with Crippen molar-refractivity contribution >= 4 is 23.0 Å². The molecule has 2 aliphatic rings. The van der Waals surface area contributed by atoms with Gasteiger partial charge in [0.05, 0.1) is 23.5 Å². The van der Waals surface area contributed by atoms with E-state index in [1.54, 1.807) is 0 Å². The van der Waals surface area contributed by atoms with Crippen molar-refractivity contribution in [3.63, 3.8) is 0 Å². The van der Waals surface area contributed by atoms with E-state index in [1.165, 1.54) is 5.56 Å². The minimum atomic E-state index is -0.147. The molecule has 22 heavy (non-hydrogen) atoms. The summed E-state index contributed by atoms with van der Waals surface area (Å²) in [5, 5.41) is 2.92. The van der Waals surface area contributed by atoms with Crippen LogP contribution < -0.4 is 10.1 Å². The Bertz CT molecular complexity index is 795. The van der Waals surface area contributed by atoms with Crippen molar-refractivity contribution in [1.29, 1.82) is 0 Å². The minimum absolute atomic E-state index is 0.0138. The monoisotopic (exact) mass is 292 g/mol. The molecule has 2 heterocycles. The maximum atomic E-state index is 11.8. The molecule has 4 rings (SSSR count). The molecule has 0 unspecified atom stereocenters. The molecule has 1 atom stereocenters. The Hall–Kier alpha value is -2.62. The number of aliphatic imine (C=N–C) groups is 1. The number of rotatable bonds is 1. The Labute approximate surface area is 128 Å². The number of carbonyl (C=O) groups is 1. The summed E-state index contributed by atoms with van der Waals surface area (Å²) in [5.74, 6) is 0.715. The van der Waals surface area contributed by atoms with Gasteiger partial charge in [-0.05, 0) is 30.7 Å². The van der Waals surface area contributed by atoms with Crippen LogP contribution in [0, 0.1) is 0 Å². The number of hydrogen-bond donors (Lipinski definition) is 1. The Kier molecular flexibility index (Phi) is 2.96. The van der Waals surface area contributed by atoms with Crippen molar-refractivity contribution < 1.29 is 9.53 Å². The highest BCUT2D eigenvalue weighted by molar-refractivity contribution is 6.10. The summed E-state index contributed by atoms with van der Waals surface area (Å²) in [4.78, 5) is 16.6. The molecule has 4 nitrogen and oxygen atoms in total. The van der Waals surface area contributed by atoms with Gasteiger partial charge in [0.1, 0.15) is 6.10 Å². The number of benzene rings is 2. The Morgan fingerprint density at radius 3 is 2.91 bits per heavy atom. The first kappa shape index (κ1) is 13.1. The zero-order valence-corrected chi connectivity index (χ0v) is 12.3. The van der Waals surface area contributed by atoms with Crippen LogP contribution in [-0.2, 0) is 11.2 Å². The minimum Gasteiger partial charge on any atom is -0.487 e. The molecule has 0 aliphatic carbocycles. The average molecular weight is 292 g/mol. The first-order valence-corrected chi connectivity index (χ1v) is 7.46.